The van der Waals surface area contributed by atoms with Crippen LogP contribution in [0.4, 0.5) is 0 Å². The highest BCUT2D eigenvalue weighted by atomic mass is 14.7. The minimum atomic E-state index is 0.936. The smallest absolute Gasteiger partial charge is 0.0709 e. The number of nitrogens with zero attached hydrogens (tertiary/aromatic N) is 2. The highest BCUT2D eigenvalue weighted by Gasteiger charge is 2.07. The second kappa shape index (κ2) is 12.8. The minimum absolute atomic E-state index is 0.936. The lowest BCUT2D eigenvalue weighted by Gasteiger charge is -2.08. The van der Waals surface area contributed by atoms with E-state index in [4.69, 9.17) is 9.97 Å². The molecule has 0 saturated heterocycles. The van der Waals surface area contributed by atoms with E-state index in [1.54, 1.807) is 0 Å². The number of pyridine rings is 2. The minimum Gasteiger partial charge on any atom is -0.248 e. The molecule has 0 aliphatic heterocycles. The van der Waals surface area contributed by atoms with Crippen LogP contribution >= 0.6 is 0 Å². The molecule has 0 aliphatic carbocycles. The molecule has 0 saturated carbocycles. The van der Waals surface area contributed by atoms with Gasteiger partial charge in [0.25, 0.3) is 0 Å². The Morgan fingerprint density at radius 2 is 0.760 bits per heavy atom. The predicted octanol–water partition coefficient (Wildman–Crippen LogP) is 12.8. The average Bonchev–Trinajstić information content (AvgIpc) is 3.18. The molecule has 0 amide bonds. The zero-order chi connectivity index (χ0) is 33.3. The molecule has 234 valence electrons. The van der Waals surface area contributed by atoms with Crippen LogP contribution in [0.5, 0.6) is 0 Å². The van der Waals surface area contributed by atoms with Gasteiger partial charge in [0.15, 0.2) is 0 Å². The summed E-state index contributed by atoms with van der Waals surface area (Å²) in [6.45, 7) is 0. The van der Waals surface area contributed by atoms with Crippen molar-refractivity contribution in [2.45, 2.75) is 0 Å². The van der Waals surface area contributed by atoms with Gasteiger partial charge in [-0.05, 0) is 103 Å². The van der Waals surface area contributed by atoms with Crippen molar-refractivity contribution in [3.05, 3.63) is 192 Å². The standard InChI is InChI=1S/C48H32N2/c1-3-11-43-35(7-1)9-5-13-45(43)37-23-29-47-39(31-37)21-27-41(49-47)25-19-33-15-17-34(18-16-33)20-26-42-28-22-40-32-38(24-30-48(40)50-42)46-14-6-10-36-8-2-4-12-44(36)46/h1-32H. The number of fused-ring (bicyclic) bond motifs is 4. The van der Waals surface area contributed by atoms with Gasteiger partial charge in [-0.25, -0.2) is 9.97 Å². The first-order valence-electron chi connectivity index (χ1n) is 17.0. The molecule has 0 N–H and O–H groups in total. The molecule has 0 radical (unpaired) electrons. The second-order valence-corrected chi connectivity index (χ2v) is 12.7. The summed E-state index contributed by atoms with van der Waals surface area (Å²) in [5, 5.41) is 7.30. The van der Waals surface area contributed by atoms with E-state index in [-0.39, 0.29) is 0 Å². The van der Waals surface area contributed by atoms with Gasteiger partial charge in [0.2, 0.25) is 0 Å². The Balaban J connectivity index is 0.887. The normalized spacial score (nSPS) is 11.8. The van der Waals surface area contributed by atoms with Crippen LogP contribution in [0.15, 0.2) is 170 Å². The Kier molecular flexibility index (Phi) is 7.53. The third kappa shape index (κ3) is 5.85. The largest absolute Gasteiger partial charge is 0.248 e. The molecule has 0 spiro atoms. The predicted molar refractivity (Wildman–Crippen MR) is 214 cm³/mol. The van der Waals surface area contributed by atoms with Crippen molar-refractivity contribution in [2.75, 3.05) is 0 Å². The maximum absolute atomic E-state index is 4.92. The first-order chi connectivity index (χ1) is 24.7. The molecule has 2 heterocycles. The molecule has 0 atom stereocenters. The van der Waals surface area contributed by atoms with Crippen molar-refractivity contribution in [1.82, 2.24) is 9.97 Å². The van der Waals surface area contributed by atoms with E-state index in [1.807, 2.05) is 0 Å². The Labute approximate surface area is 291 Å². The summed E-state index contributed by atoms with van der Waals surface area (Å²) >= 11 is 0. The first-order valence-corrected chi connectivity index (χ1v) is 17.0. The molecule has 9 rings (SSSR count). The fraction of sp³-hybridized carbons (Fsp3) is 0. The summed E-state index contributed by atoms with van der Waals surface area (Å²) in [6, 6.07) is 60.1. The van der Waals surface area contributed by atoms with E-state index in [0.29, 0.717) is 0 Å². The topological polar surface area (TPSA) is 25.8 Å². The van der Waals surface area contributed by atoms with Crippen molar-refractivity contribution < 1.29 is 0 Å². The summed E-state index contributed by atoms with van der Waals surface area (Å²) in [5.74, 6) is 0. The highest BCUT2D eigenvalue weighted by Crippen LogP contribution is 2.32. The molecule has 0 unspecified atom stereocenters. The van der Waals surface area contributed by atoms with E-state index in [0.717, 1.165) is 44.3 Å². The second-order valence-electron chi connectivity index (χ2n) is 12.7. The Hall–Kier alpha value is -6.64. The maximum atomic E-state index is 4.92. The number of aromatic nitrogens is 2. The maximum Gasteiger partial charge on any atom is 0.0709 e. The molecule has 7 aromatic carbocycles. The fourth-order valence-corrected chi connectivity index (χ4v) is 6.84. The molecule has 2 heteroatoms. The van der Waals surface area contributed by atoms with Crippen molar-refractivity contribution in [3.8, 4) is 22.3 Å². The molecular formula is C48H32N2. The van der Waals surface area contributed by atoms with E-state index in [2.05, 4.69) is 194 Å². The lowest BCUT2D eigenvalue weighted by molar-refractivity contribution is 1.37. The number of rotatable bonds is 6. The Morgan fingerprint density at radius 3 is 1.24 bits per heavy atom. The summed E-state index contributed by atoms with van der Waals surface area (Å²) in [7, 11) is 0. The van der Waals surface area contributed by atoms with E-state index >= 15 is 0 Å². The lowest BCUT2D eigenvalue weighted by Crippen LogP contribution is -1.86. The summed E-state index contributed by atoms with van der Waals surface area (Å²) in [6.07, 6.45) is 8.38. The molecule has 0 aliphatic rings. The Bertz CT molecular complexity index is 2550. The van der Waals surface area contributed by atoms with Crippen molar-refractivity contribution in [1.29, 1.82) is 0 Å². The first kappa shape index (κ1) is 29.5. The van der Waals surface area contributed by atoms with Crippen molar-refractivity contribution in [2.24, 2.45) is 0 Å². The van der Waals surface area contributed by atoms with Crippen LogP contribution in [0.25, 0.3) is 89.9 Å². The van der Waals surface area contributed by atoms with Gasteiger partial charge >= 0.3 is 0 Å². The average molecular weight is 637 g/mol. The summed E-state index contributed by atoms with van der Waals surface area (Å²) in [4.78, 5) is 9.83. The monoisotopic (exact) mass is 636 g/mol. The zero-order valence-corrected chi connectivity index (χ0v) is 27.4. The van der Waals surface area contributed by atoms with Gasteiger partial charge in [0.05, 0.1) is 22.4 Å². The van der Waals surface area contributed by atoms with E-state index in [1.165, 1.54) is 43.8 Å². The van der Waals surface area contributed by atoms with Gasteiger partial charge in [-0.2, -0.15) is 0 Å². The highest BCUT2D eigenvalue weighted by molar-refractivity contribution is 6.00. The van der Waals surface area contributed by atoms with Crippen LogP contribution < -0.4 is 0 Å². The third-order valence-corrected chi connectivity index (χ3v) is 9.45. The van der Waals surface area contributed by atoms with Crippen molar-refractivity contribution >= 4 is 67.7 Å². The summed E-state index contributed by atoms with van der Waals surface area (Å²) in [5.41, 5.74) is 11.0. The number of hydrogen-bond donors (Lipinski definition) is 0. The number of benzene rings is 7. The van der Waals surface area contributed by atoms with Crippen LogP contribution in [-0.2, 0) is 0 Å². The quantitative estimate of drug-likeness (QED) is 0.181. The molecular weight excluding hydrogens is 605 g/mol. The Morgan fingerprint density at radius 1 is 0.320 bits per heavy atom. The molecule has 2 aromatic heterocycles. The summed E-state index contributed by atoms with van der Waals surface area (Å²) < 4.78 is 0. The molecule has 2 nitrogen and oxygen atoms in total. The van der Waals surface area contributed by atoms with E-state index < -0.39 is 0 Å². The molecule has 0 fully saturated rings. The van der Waals surface area contributed by atoms with Crippen LogP contribution in [0, 0.1) is 0 Å². The van der Waals surface area contributed by atoms with Crippen LogP contribution in [0.2, 0.25) is 0 Å². The zero-order valence-electron chi connectivity index (χ0n) is 27.4. The van der Waals surface area contributed by atoms with Gasteiger partial charge in [-0.3, -0.25) is 0 Å². The SMILES string of the molecule is C(=Cc1ccc2cc(-c3cccc4ccccc34)ccc2n1)c1ccc(C=Cc2ccc3cc(-c4cccc5ccccc45)ccc3n2)cc1. The van der Waals surface area contributed by atoms with Crippen LogP contribution in [-0.4, -0.2) is 9.97 Å². The van der Waals surface area contributed by atoms with Crippen molar-refractivity contribution in [3.63, 3.8) is 0 Å². The van der Waals surface area contributed by atoms with Gasteiger partial charge in [-0.1, -0.05) is 146 Å². The lowest BCUT2D eigenvalue weighted by atomic mass is 9.97. The molecule has 9 aromatic rings. The van der Waals surface area contributed by atoms with Crippen LogP contribution in [0.3, 0.4) is 0 Å². The molecule has 50 heavy (non-hydrogen) atoms. The van der Waals surface area contributed by atoms with Gasteiger partial charge in [0, 0.05) is 10.8 Å². The number of hydrogen-bond acceptors (Lipinski definition) is 2. The third-order valence-electron chi connectivity index (χ3n) is 9.45. The molecule has 0 bridgehead atoms. The van der Waals surface area contributed by atoms with Gasteiger partial charge in [0.1, 0.15) is 0 Å². The fourth-order valence-electron chi connectivity index (χ4n) is 6.84. The van der Waals surface area contributed by atoms with E-state index in [9.17, 15) is 0 Å². The van der Waals surface area contributed by atoms with Gasteiger partial charge in [-0.15, -0.1) is 0 Å². The van der Waals surface area contributed by atoms with Crippen LogP contribution in [0.1, 0.15) is 22.5 Å². The van der Waals surface area contributed by atoms with Gasteiger partial charge < -0.3 is 0 Å².